The van der Waals surface area contributed by atoms with Crippen LogP contribution < -0.4 is 5.32 Å². The van der Waals surface area contributed by atoms with Crippen LogP contribution in [0.15, 0.2) is 48.1 Å². The SMILES string of the molecule is C=C1NC(=C)C(Cc2ccc(O)cc2)S1. The molecule has 78 valence electrons. The second-order valence-electron chi connectivity index (χ2n) is 3.55. The lowest BCUT2D eigenvalue weighted by Gasteiger charge is -2.08. The van der Waals surface area contributed by atoms with Gasteiger partial charge in [0.25, 0.3) is 0 Å². The van der Waals surface area contributed by atoms with Crippen LogP contribution in [0.25, 0.3) is 0 Å². The summed E-state index contributed by atoms with van der Waals surface area (Å²) in [6.45, 7) is 7.82. The van der Waals surface area contributed by atoms with Crippen molar-refractivity contribution < 1.29 is 5.11 Å². The fourth-order valence-electron chi connectivity index (χ4n) is 1.54. The van der Waals surface area contributed by atoms with Crippen LogP contribution >= 0.6 is 11.8 Å². The molecule has 1 aliphatic heterocycles. The van der Waals surface area contributed by atoms with Gasteiger partial charge in [0.05, 0.1) is 10.3 Å². The van der Waals surface area contributed by atoms with Crippen molar-refractivity contribution in [2.45, 2.75) is 11.7 Å². The van der Waals surface area contributed by atoms with E-state index in [1.165, 1.54) is 5.56 Å². The van der Waals surface area contributed by atoms with Crippen LogP contribution in [0, 0.1) is 0 Å². The molecule has 1 fully saturated rings. The first-order valence-electron chi connectivity index (χ1n) is 4.74. The van der Waals surface area contributed by atoms with Gasteiger partial charge in [-0.1, -0.05) is 37.1 Å². The van der Waals surface area contributed by atoms with E-state index >= 15 is 0 Å². The molecule has 0 aliphatic carbocycles. The quantitative estimate of drug-likeness (QED) is 0.802. The number of benzene rings is 1. The van der Waals surface area contributed by atoms with Crippen LogP contribution in [0.2, 0.25) is 0 Å². The smallest absolute Gasteiger partial charge is 0.115 e. The lowest BCUT2D eigenvalue weighted by molar-refractivity contribution is 0.475. The van der Waals surface area contributed by atoms with Crippen molar-refractivity contribution in [1.29, 1.82) is 0 Å². The summed E-state index contributed by atoms with van der Waals surface area (Å²) in [5.74, 6) is 0.305. The summed E-state index contributed by atoms with van der Waals surface area (Å²) >= 11 is 1.71. The van der Waals surface area contributed by atoms with Gasteiger partial charge in [-0.05, 0) is 24.1 Å². The highest BCUT2D eigenvalue weighted by atomic mass is 32.2. The molecule has 1 aliphatic rings. The number of hydrogen-bond donors (Lipinski definition) is 2. The number of thioether (sulfide) groups is 1. The lowest BCUT2D eigenvalue weighted by atomic mass is 10.1. The van der Waals surface area contributed by atoms with Crippen LogP contribution in [-0.4, -0.2) is 10.4 Å². The first-order valence-corrected chi connectivity index (χ1v) is 5.62. The van der Waals surface area contributed by atoms with Gasteiger partial charge in [-0.3, -0.25) is 0 Å². The highest BCUT2D eigenvalue weighted by Crippen LogP contribution is 2.33. The maximum absolute atomic E-state index is 9.16. The van der Waals surface area contributed by atoms with E-state index < -0.39 is 0 Å². The Balaban J connectivity index is 2.06. The first-order chi connectivity index (χ1) is 7.15. The van der Waals surface area contributed by atoms with Crippen LogP contribution in [0.5, 0.6) is 5.75 Å². The molecule has 1 heterocycles. The van der Waals surface area contributed by atoms with Gasteiger partial charge in [-0.25, -0.2) is 0 Å². The summed E-state index contributed by atoms with van der Waals surface area (Å²) in [6.07, 6.45) is 0.913. The first kappa shape index (κ1) is 10.2. The predicted octanol–water partition coefficient (Wildman–Crippen LogP) is 2.62. The molecule has 2 rings (SSSR count). The van der Waals surface area contributed by atoms with Crippen LogP contribution in [0.1, 0.15) is 5.56 Å². The second-order valence-corrected chi connectivity index (χ2v) is 4.85. The van der Waals surface area contributed by atoms with E-state index in [4.69, 9.17) is 5.11 Å². The molecular weight excluding hydrogens is 206 g/mol. The molecule has 2 nitrogen and oxygen atoms in total. The van der Waals surface area contributed by atoms with E-state index in [2.05, 4.69) is 18.5 Å². The fraction of sp³-hybridized carbons (Fsp3) is 0.167. The minimum Gasteiger partial charge on any atom is -0.508 e. The summed E-state index contributed by atoms with van der Waals surface area (Å²) in [7, 11) is 0. The summed E-state index contributed by atoms with van der Waals surface area (Å²) in [5, 5.41) is 13.6. The third-order valence-electron chi connectivity index (χ3n) is 2.33. The number of aromatic hydroxyl groups is 1. The molecule has 0 aromatic heterocycles. The molecule has 0 bridgehead atoms. The normalized spacial score (nSPS) is 20.4. The molecule has 0 spiro atoms. The summed E-state index contributed by atoms with van der Waals surface area (Å²) in [6, 6.07) is 7.29. The molecular formula is C12H13NOS. The maximum atomic E-state index is 9.16. The zero-order chi connectivity index (χ0) is 10.8. The van der Waals surface area contributed by atoms with Gasteiger partial charge in [0.15, 0.2) is 0 Å². The van der Waals surface area contributed by atoms with E-state index in [-0.39, 0.29) is 0 Å². The monoisotopic (exact) mass is 219 g/mol. The van der Waals surface area contributed by atoms with Gasteiger partial charge in [0.1, 0.15) is 5.75 Å². The van der Waals surface area contributed by atoms with Crippen LogP contribution in [-0.2, 0) is 6.42 Å². The van der Waals surface area contributed by atoms with Crippen molar-refractivity contribution in [2.75, 3.05) is 0 Å². The molecule has 1 atom stereocenters. The zero-order valence-electron chi connectivity index (χ0n) is 8.36. The van der Waals surface area contributed by atoms with Crippen molar-refractivity contribution in [1.82, 2.24) is 5.32 Å². The number of phenols is 1. The summed E-state index contributed by atoms with van der Waals surface area (Å²) in [5.41, 5.74) is 2.21. The maximum Gasteiger partial charge on any atom is 0.115 e. The Hall–Kier alpha value is -1.35. The predicted molar refractivity (Wildman–Crippen MR) is 64.6 cm³/mol. The van der Waals surface area contributed by atoms with Crippen molar-refractivity contribution >= 4 is 11.8 Å². The summed E-state index contributed by atoms with van der Waals surface area (Å²) in [4.78, 5) is 0. The highest BCUT2D eigenvalue weighted by Gasteiger charge is 2.22. The van der Waals surface area contributed by atoms with Crippen molar-refractivity contribution in [3.05, 3.63) is 53.7 Å². The van der Waals surface area contributed by atoms with E-state index in [1.54, 1.807) is 23.9 Å². The van der Waals surface area contributed by atoms with Crippen molar-refractivity contribution in [3.63, 3.8) is 0 Å². The topological polar surface area (TPSA) is 32.3 Å². The number of phenolic OH excluding ortho intramolecular Hbond substituents is 1. The number of rotatable bonds is 2. The van der Waals surface area contributed by atoms with Crippen LogP contribution in [0.4, 0.5) is 0 Å². The summed E-state index contributed by atoms with van der Waals surface area (Å²) < 4.78 is 0. The molecule has 15 heavy (non-hydrogen) atoms. The zero-order valence-corrected chi connectivity index (χ0v) is 9.18. The van der Waals surface area contributed by atoms with E-state index in [1.807, 2.05) is 12.1 Å². The van der Waals surface area contributed by atoms with E-state index in [9.17, 15) is 0 Å². The van der Waals surface area contributed by atoms with E-state index in [0.29, 0.717) is 11.0 Å². The molecule has 0 amide bonds. The minimum absolute atomic E-state index is 0.305. The van der Waals surface area contributed by atoms with Gasteiger partial charge >= 0.3 is 0 Å². The molecule has 3 heteroatoms. The molecule has 0 radical (unpaired) electrons. The minimum atomic E-state index is 0.305. The molecule has 2 N–H and O–H groups in total. The fourth-order valence-corrected chi connectivity index (χ4v) is 2.55. The Morgan fingerprint density at radius 3 is 2.47 bits per heavy atom. The van der Waals surface area contributed by atoms with Gasteiger partial charge in [0.2, 0.25) is 0 Å². The van der Waals surface area contributed by atoms with Gasteiger partial charge < -0.3 is 10.4 Å². The third kappa shape index (κ3) is 2.36. The van der Waals surface area contributed by atoms with Gasteiger partial charge in [-0.15, -0.1) is 0 Å². The Bertz CT molecular complexity index is 397. The Morgan fingerprint density at radius 2 is 1.93 bits per heavy atom. The second kappa shape index (κ2) is 4.03. The van der Waals surface area contributed by atoms with Crippen LogP contribution in [0.3, 0.4) is 0 Å². The average molecular weight is 219 g/mol. The average Bonchev–Trinajstić information content (AvgIpc) is 2.49. The standard InChI is InChI=1S/C12H13NOS/c1-8-12(15-9(2)13-8)7-10-3-5-11(14)6-4-10/h3-6,12-14H,1-2,7H2. The molecule has 1 unspecified atom stereocenters. The van der Waals surface area contributed by atoms with Crippen molar-refractivity contribution in [2.24, 2.45) is 0 Å². The van der Waals surface area contributed by atoms with Crippen molar-refractivity contribution in [3.8, 4) is 5.75 Å². The van der Waals surface area contributed by atoms with Gasteiger partial charge in [0, 0.05) is 5.70 Å². The highest BCUT2D eigenvalue weighted by molar-refractivity contribution is 8.04. The lowest BCUT2D eigenvalue weighted by Crippen LogP contribution is -2.10. The number of nitrogens with one attached hydrogen (secondary N) is 1. The van der Waals surface area contributed by atoms with Gasteiger partial charge in [-0.2, -0.15) is 0 Å². The molecule has 0 saturated carbocycles. The van der Waals surface area contributed by atoms with E-state index in [0.717, 1.165) is 17.1 Å². The Kier molecular flexibility index (Phi) is 2.73. The molecule has 1 saturated heterocycles. The largest absolute Gasteiger partial charge is 0.508 e. The molecule has 1 aromatic rings. The Labute approximate surface area is 93.7 Å². The Morgan fingerprint density at radius 1 is 1.27 bits per heavy atom. The molecule has 1 aromatic carbocycles. The third-order valence-corrected chi connectivity index (χ3v) is 3.45. The number of hydrogen-bond acceptors (Lipinski definition) is 3.